The van der Waals surface area contributed by atoms with E-state index >= 15 is 0 Å². The third-order valence-electron chi connectivity index (χ3n) is 4.67. The van der Waals surface area contributed by atoms with Crippen LogP contribution in [-0.2, 0) is 12.7 Å². The number of hydrogen-bond donors (Lipinski definition) is 1. The maximum absolute atomic E-state index is 12.8. The molecule has 1 aromatic heterocycles. The van der Waals surface area contributed by atoms with Gasteiger partial charge in [-0.1, -0.05) is 0 Å². The lowest BCUT2D eigenvalue weighted by Crippen LogP contribution is -2.42. The normalized spacial score (nSPS) is 18.0. The van der Waals surface area contributed by atoms with Gasteiger partial charge in [-0.05, 0) is 43.7 Å². The molecule has 1 aromatic carbocycles. The van der Waals surface area contributed by atoms with E-state index in [1.54, 1.807) is 14.2 Å². The van der Waals surface area contributed by atoms with Gasteiger partial charge in [0, 0.05) is 30.9 Å². The van der Waals surface area contributed by atoms with Gasteiger partial charge in [-0.3, -0.25) is 4.90 Å². The van der Waals surface area contributed by atoms with E-state index in [0.717, 1.165) is 48.7 Å². The Labute approximate surface area is 161 Å². The van der Waals surface area contributed by atoms with Crippen LogP contribution in [0.25, 0.3) is 0 Å². The molecule has 0 radical (unpaired) electrons. The molecule has 1 unspecified atom stereocenters. The van der Waals surface area contributed by atoms with Crippen LogP contribution in [0.5, 0.6) is 11.5 Å². The van der Waals surface area contributed by atoms with Gasteiger partial charge >= 0.3 is 6.18 Å². The molecule has 9 heteroatoms. The number of nitrogens with zero attached hydrogens (tertiary/aromatic N) is 3. The van der Waals surface area contributed by atoms with E-state index in [2.05, 4.69) is 20.2 Å². The highest BCUT2D eigenvalue weighted by atomic mass is 19.4. The van der Waals surface area contributed by atoms with Crippen molar-refractivity contribution in [2.75, 3.05) is 32.6 Å². The second-order valence-electron chi connectivity index (χ2n) is 6.66. The number of ether oxygens (including phenoxy) is 2. The van der Waals surface area contributed by atoms with Crippen molar-refractivity contribution in [2.24, 2.45) is 0 Å². The molecule has 0 bridgehead atoms. The molecule has 2 aromatic rings. The standard InChI is InChI=1S/C19H23F3N4O2/c1-27-15-5-6-16(28-2)13(10-15)11-26-9-3-4-14(12-26)24-18-23-8-7-17(25-18)19(20,21)22/h5-8,10,14H,3-4,9,11-12H2,1-2H3,(H,23,24,25). The zero-order valence-electron chi connectivity index (χ0n) is 15.8. The summed E-state index contributed by atoms with van der Waals surface area (Å²) in [6.45, 7) is 2.21. The minimum atomic E-state index is -4.49. The lowest BCUT2D eigenvalue weighted by molar-refractivity contribution is -0.141. The summed E-state index contributed by atoms with van der Waals surface area (Å²) in [5.74, 6) is 1.53. The Balaban J connectivity index is 1.67. The third-order valence-corrected chi connectivity index (χ3v) is 4.67. The Morgan fingerprint density at radius 2 is 2.04 bits per heavy atom. The maximum Gasteiger partial charge on any atom is 0.433 e. The number of methoxy groups -OCH3 is 2. The van der Waals surface area contributed by atoms with Crippen LogP contribution in [0.15, 0.2) is 30.5 Å². The molecule has 1 atom stereocenters. The number of likely N-dealkylation sites (tertiary alicyclic amines) is 1. The van der Waals surface area contributed by atoms with E-state index in [-0.39, 0.29) is 12.0 Å². The molecule has 0 spiro atoms. The van der Waals surface area contributed by atoms with Gasteiger partial charge in [-0.25, -0.2) is 9.97 Å². The summed E-state index contributed by atoms with van der Waals surface area (Å²) >= 11 is 0. The molecular formula is C19H23F3N4O2. The molecule has 152 valence electrons. The van der Waals surface area contributed by atoms with Gasteiger partial charge < -0.3 is 14.8 Å². The molecule has 1 saturated heterocycles. The van der Waals surface area contributed by atoms with Crippen molar-refractivity contribution in [3.05, 3.63) is 41.7 Å². The van der Waals surface area contributed by atoms with E-state index in [0.29, 0.717) is 13.1 Å². The predicted molar refractivity (Wildman–Crippen MR) is 98.5 cm³/mol. The molecule has 2 heterocycles. The molecule has 1 N–H and O–H groups in total. The quantitative estimate of drug-likeness (QED) is 0.805. The van der Waals surface area contributed by atoms with Crippen LogP contribution in [0.3, 0.4) is 0 Å². The number of rotatable bonds is 6. The zero-order valence-corrected chi connectivity index (χ0v) is 15.8. The predicted octanol–water partition coefficient (Wildman–Crippen LogP) is 3.59. The highest BCUT2D eigenvalue weighted by Gasteiger charge is 2.33. The van der Waals surface area contributed by atoms with Gasteiger partial charge in [0.2, 0.25) is 5.95 Å². The first-order valence-corrected chi connectivity index (χ1v) is 8.99. The maximum atomic E-state index is 12.8. The summed E-state index contributed by atoms with van der Waals surface area (Å²) in [5, 5.41) is 3.04. The summed E-state index contributed by atoms with van der Waals surface area (Å²) in [5.41, 5.74) is 0.0524. The number of alkyl halides is 3. The lowest BCUT2D eigenvalue weighted by Gasteiger charge is -2.33. The van der Waals surface area contributed by atoms with Gasteiger partial charge in [0.15, 0.2) is 0 Å². The fourth-order valence-corrected chi connectivity index (χ4v) is 3.33. The minimum Gasteiger partial charge on any atom is -0.497 e. The van der Waals surface area contributed by atoms with Gasteiger partial charge in [0.05, 0.1) is 14.2 Å². The lowest BCUT2D eigenvalue weighted by atomic mass is 10.0. The number of aromatic nitrogens is 2. The number of benzene rings is 1. The summed E-state index contributed by atoms with van der Waals surface area (Å²) in [6.07, 6.45) is -1.60. The second kappa shape index (κ2) is 8.64. The molecule has 28 heavy (non-hydrogen) atoms. The fraction of sp³-hybridized carbons (Fsp3) is 0.474. The monoisotopic (exact) mass is 396 g/mol. The van der Waals surface area contributed by atoms with E-state index < -0.39 is 11.9 Å². The molecular weight excluding hydrogens is 373 g/mol. The Hall–Kier alpha value is -2.55. The number of piperidine rings is 1. The topological polar surface area (TPSA) is 59.5 Å². The van der Waals surface area contributed by atoms with Gasteiger partial charge in [0.25, 0.3) is 0 Å². The van der Waals surface area contributed by atoms with Crippen molar-refractivity contribution in [3.8, 4) is 11.5 Å². The van der Waals surface area contributed by atoms with Crippen molar-refractivity contribution in [2.45, 2.75) is 31.6 Å². The van der Waals surface area contributed by atoms with E-state index in [9.17, 15) is 13.2 Å². The van der Waals surface area contributed by atoms with Crippen molar-refractivity contribution >= 4 is 5.95 Å². The van der Waals surface area contributed by atoms with Gasteiger partial charge in [-0.2, -0.15) is 13.2 Å². The fourth-order valence-electron chi connectivity index (χ4n) is 3.33. The summed E-state index contributed by atoms with van der Waals surface area (Å²) in [7, 11) is 3.23. The summed E-state index contributed by atoms with van der Waals surface area (Å²) in [6, 6.07) is 6.48. The molecule has 3 rings (SSSR count). The van der Waals surface area contributed by atoms with Gasteiger partial charge in [-0.15, -0.1) is 0 Å². The Morgan fingerprint density at radius 3 is 2.75 bits per heavy atom. The molecule has 1 aliphatic heterocycles. The van der Waals surface area contributed by atoms with E-state index in [1.807, 2.05) is 18.2 Å². The van der Waals surface area contributed by atoms with E-state index in [1.165, 1.54) is 0 Å². The first kappa shape index (κ1) is 20.2. The van der Waals surface area contributed by atoms with Crippen LogP contribution < -0.4 is 14.8 Å². The highest BCUT2D eigenvalue weighted by molar-refractivity contribution is 5.40. The van der Waals surface area contributed by atoms with Crippen LogP contribution in [0.1, 0.15) is 24.1 Å². The molecule has 1 fully saturated rings. The van der Waals surface area contributed by atoms with Crippen molar-refractivity contribution in [3.63, 3.8) is 0 Å². The van der Waals surface area contributed by atoms with Crippen molar-refractivity contribution in [1.82, 2.24) is 14.9 Å². The number of nitrogens with one attached hydrogen (secondary N) is 1. The van der Waals surface area contributed by atoms with Crippen molar-refractivity contribution in [1.29, 1.82) is 0 Å². The molecule has 0 aliphatic carbocycles. The largest absolute Gasteiger partial charge is 0.497 e. The average Bonchev–Trinajstić information content (AvgIpc) is 2.68. The van der Waals surface area contributed by atoms with Crippen LogP contribution in [-0.4, -0.2) is 48.2 Å². The highest BCUT2D eigenvalue weighted by Crippen LogP contribution is 2.29. The number of anilines is 1. The summed E-state index contributed by atoms with van der Waals surface area (Å²) in [4.78, 5) is 9.75. The van der Waals surface area contributed by atoms with Gasteiger partial charge in [0.1, 0.15) is 17.2 Å². The van der Waals surface area contributed by atoms with Crippen molar-refractivity contribution < 1.29 is 22.6 Å². The SMILES string of the molecule is COc1ccc(OC)c(CN2CCCC(Nc3nccc(C(F)(F)F)n3)C2)c1. The number of halogens is 3. The Kier molecular flexibility index (Phi) is 6.23. The molecule has 0 saturated carbocycles. The average molecular weight is 396 g/mol. The first-order chi connectivity index (χ1) is 13.4. The molecule has 1 aliphatic rings. The number of hydrogen-bond acceptors (Lipinski definition) is 6. The zero-order chi connectivity index (χ0) is 20.1. The second-order valence-corrected chi connectivity index (χ2v) is 6.66. The smallest absolute Gasteiger partial charge is 0.433 e. The summed E-state index contributed by atoms with van der Waals surface area (Å²) < 4.78 is 49.2. The van der Waals surface area contributed by atoms with Crippen LogP contribution in [0.2, 0.25) is 0 Å². The molecule has 6 nitrogen and oxygen atoms in total. The first-order valence-electron chi connectivity index (χ1n) is 8.99. The Bertz CT molecular complexity index is 801. The minimum absolute atomic E-state index is 0.000589. The molecule has 0 amide bonds. The van der Waals surface area contributed by atoms with Crippen LogP contribution in [0, 0.1) is 0 Å². The van der Waals surface area contributed by atoms with E-state index in [4.69, 9.17) is 9.47 Å². The van der Waals surface area contributed by atoms with Crippen LogP contribution >= 0.6 is 0 Å². The third kappa shape index (κ3) is 5.03. The Morgan fingerprint density at radius 1 is 1.21 bits per heavy atom. The van der Waals surface area contributed by atoms with Crippen LogP contribution in [0.4, 0.5) is 19.1 Å².